The Morgan fingerprint density at radius 2 is 2.12 bits per heavy atom. The molecule has 2 N–H and O–H groups in total. The molecule has 1 saturated carbocycles. The number of phenolic OH excluding ortho intramolecular Hbond substituents is 1. The smallest absolute Gasteiger partial charge is 0.211 e. The summed E-state index contributed by atoms with van der Waals surface area (Å²) in [5.41, 5.74) is 1.30. The van der Waals surface area contributed by atoms with E-state index in [2.05, 4.69) is 11.8 Å². The van der Waals surface area contributed by atoms with Gasteiger partial charge in [-0.05, 0) is 31.0 Å². The molecular formula is C14H11NO2. The quantitative estimate of drug-likeness (QED) is 0.676. The molecule has 0 unspecified atom stereocenters. The van der Waals surface area contributed by atoms with Gasteiger partial charge in [-0.2, -0.15) is 0 Å². The lowest BCUT2D eigenvalue weighted by atomic mass is 10.1. The standard InChI is InChI=1S/C14H11NO2/c15-14-6-5-11-12(16)7-10(8-13(11)17-14)4-3-9-1-2-9/h5-9,15-16H,1-2H2. The summed E-state index contributed by atoms with van der Waals surface area (Å²) in [6.07, 6.45) is 2.35. The van der Waals surface area contributed by atoms with Crippen LogP contribution in [0.2, 0.25) is 0 Å². The monoisotopic (exact) mass is 225 g/mol. The molecular weight excluding hydrogens is 214 g/mol. The van der Waals surface area contributed by atoms with Crippen molar-refractivity contribution in [1.29, 1.82) is 5.41 Å². The molecule has 0 saturated heterocycles. The van der Waals surface area contributed by atoms with Crippen molar-refractivity contribution in [2.45, 2.75) is 12.8 Å². The van der Waals surface area contributed by atoms with E-state index in [9.17, 15) is 5.11 Å². The van der Waals surface area contributed by atoms with Crippen molar-refractivity contribution in [1.82, 2.24) is 0 Å². The summed E-state index contributed by atoms with van der Waals surface area (Å²) in [6.45, 7) is 0. The molecule has 1 aromatic heterocycles. The predicted octanol–water partition coefficient (Wildman–Crippen LogP) is 2.38. The van der Waals surface area contributed by atoms with Crippen LogP contribution in [0, 0.1) is 23.2 Å². The normalized spacial score (nSPS) is 14.4. The highest BCUT2D eigenvalue weighted by atomic mass is 16.3. The topological polar surface area (TPSA) is 57.2 Å². The molecule has 0 bridgehead atoms. The Morgan fingerprint density at radius 3 is 2.88 bits per heavy atom. The Balaban J connectivity index is 2.15. The van der Waals surface area contributed by atoms with Crippen LogP contribution in [0.4, 0.5) is 0 Å². The first-order valence-corrected chi connectivity index (χ1v) is 5.55. The number of nitrogens with one attached hydrogen (secondary N) is 1. The number of phenols is 1. The van der Waals surface area contributed by atoms with Gasteiger partial charge >= 0.3 is 0 Å². The maximum absolute atomic E-state index is 9.83. The van der Waals surface area contributed by atoms with Crippen LogP contribution in [0.1, 0.15) is 18.4 Å². The molecule has 1 aliphatic rings. The summed E-state index contributed by atoms with van der Waals surface area (Å²) >= 11 is 0. The molecule has 0 radical (unpaired) electrons. The highest BCUT2D eigenvalue weighted by molar-refractivity contribution is 5.84. The summed E-state index contributed by atoms with van der Waals surface area (Å²) in [6, 6.07) is 6.59. The highest BCUT2D eigenvalue weighted by Gasteiger charge is 2.17. The van der Waals surface area contributed by atoms with Crippen LogP contribution in [0.15, 0.2) is 28.7 Å². The van der Waals surface area contributed by atoms with Crippen molar-refractivity contribution >= 4 is 11.0 Å². The fourth-order valence-corrected chi connectivity index (χ4v) is 1.66. The van der Waals surface area contributed by atoms with Gasteiger partial charge in [0, 0.05) is 17.5 Å². The Kier molecular flexibility index (Phi) is 2.15. The Bertz CT molecular complexity index is 699. The van der Waals surface area contributed by atoms with Crippen molar-refractivity contribution in [2.24, 2.45) is 5.92 Å². The van der Waals surface area contributed by atoms with Crippen molar-refractivity contribution in [3.05, 3.63) is 35.4 Å². The lowest BCUT2D eigenvalue weighted by Crippen LogP contribution is -1.95. The third-order valence-electron chi connectivity index (χ3n) is 2.74. The molecule has 0 amide bonds. The first-order chi connectivity index (χ1) is 8.22. The van der Waals surface area contributed by atoms with Crippen LogP contribution >= 0.6 is 0 Å². The number of rotatable bonds is 0. The number of hydrogen-bond acceptors (Lipinski definition) is 3. The van der Waals surface area contributed by atoms with E-state index in [0.717, 1.165) is 5.56 Å². The van der Waals surface area contributed by atoms with Gasteiger partial charge in [-0.25, -0.2) is 0 Å². The molecule has 3 nitrogen and oxygen atoms in total. The fraction of sp³-hybridized carbons (Fsp3) is 0.214. The molecule has 2 aromatic rings. The second-order valence-corrected chi connectivity index (χ2v) is 4.25. The van der Waals surface area contributed by atoms with E-state index in [-0.39, 0.29) is 11.3 Å². The lowest BCUT2D eigenvalue weighted by Gasteiger charge is -2.00. The van der Waals surface area contributed by atoms with Gasteiger partial charge in [0.05, 0.1) is 5.39 Å². The SMILES string of the molecule is N=c1ccc2c(O)cc(C#CC3CC3)cc2o1. The lowest BCUT2D eigenvalue weighted by molar-refractivity contribution is 0.477. The van der Waals surface area contributed by atoms with Gasteiger partial charge in [0.15, 0.2) is 0 Å². The van der Waals surface area contributed by atoms with Gasteiger partial charge < -0.3 is 9.52 Å². The number of aromatic hydroxyl groups is 1. The summed E-state index contributed by atoms with van der Waals surface area (Å²) in [4.78, 5) is 0. The third kappa shape index (κ3) is 2.02. The zero-order chi connectivity index (χ0) is 11.8. The van der Waals surface area contributed by atoms with Crippen LogP contribution in [0.25, 0.3) is 11.0 Å². The molecule has 1 aliphatic carbocycles. The second kappa shape index (κ2) is 3.67. The van der Waals surface area contributed by atoms with Crippen LogP contribution in [0.3, 0.4) is 0 Å². The minimum atomic E-state index is 0.0733. The third-order valence-corrected chi connectivity index (χ3v) is 2.74. The number of benzene rings is 1. The zero-order valence-electron chi connectivity index (χ0n) is 9.16. The molecule has 1 fully saturated rings. The van der Waals surface area contributed by atoms with Crippen molar-refractivity contribution in [3.8, 4) is 17.6 Å². The van der Waals surface area contributed by atoms with E-state index in [1.165, 1.54) is 18.9 Å². The molecule has 3 rings (SSSR count). The van der Waals surface area contributed by atoms with Crippen LogP contribution in [-0.2, 0) is 0 Å². The van der Waals surface area contributed by atoms with E-state index in [1.807, 2.05) is 0 Å². The second-order valence-electron chi connectivity index (χ2n) is 4.25. The van der Waals surface area contributed by atoms with Crippen molar-refractivity contribution in [3.63, 3.8) is 0 Å². The maximum atomic E-state index is 9.83. The summed E-state index contributed by atoms with van der Waals surface area (Å²) in [7, 11) is 0. The molecule has 0 spiro atoms. The Morgan fingerprint density at radius 1 is 1.29 bits per heavy atom. The largest absolute Gasteiger partial charge is 0.507 e. The van der Waals surface area contributed by atoms with Crippen LogP contribution in [0.5, 0.6) is 5.75 Å². The van der Waals surface area contributed by atoms with Gasteiger partial charge in [-0.15, -0.1) is 0 Å². The molecule has 0 aliphatic heterocycles. The first-order valence-electron chi connectivity index (χ1n) is 5.55. The van der Waals surface area contributed by atoms with Gasteiger partial charge in [0.1, 0.15) is 11.3 Å². The Labute approximate surface area is 98.2 Å². The van der Waals surface area contributed by atoms with Gasteiger partial charge in [0.2, 0.25) is 5.55 Å². The predicted molar refractivity (Wildman–Crippen MR) is 63.3 cm³/mol. The first kappa shape index (κ1) is 9.98. The molecule has 0 atom stereocenters. The van der Waals surface area contributed by atoms with Gasteiger partial charge in [-0.3, -0.25) is 5.41 Å². The maximum Gasteiger partial charge on any atom is 0.211 e. The summed E-state index contributed by atoms with van der Waals surface area (Å²) in [5, 5.41) is 17.9. The number of fused-ring (bicyclic) bond motifs is 1. The molecule has 1 heterocycles. The van der Waals surface area contributed by atoms with Crippen molar-refractivity contribution in [2.75, 3.05) is 0 Å². The number of hydrogen-bond donors (Lipinski definition) is 2. The summed E-state index contributed by atoms with van der Waals surface area (Å²) in [5.74, 6) is 6.82. The fourth-order valence-electron chi connectivity index (χ4n) is 1.66. The highest BCUT2D eigenvalue weighted by Crippen LogP contribution is 2.28. The summed E-state index contributed by atoms with van der Waals surface area (Å²) < 4.78 is 5.24. The van der Waals surface area contributed by atoms with E-state index < -0.39 is 0 Å². The average Bonchev–Trinajstić information content (AvgIpc) is 3.09. The van der Waals surface area contributed by atoms with Gasteiger partial charge in [0.25, 0.3) is 0 Å². The minimum Gasteiger partial charge on any atom is -0.507 e. The van der Waals surface area contributed by atoms with E-state index in [4.69, 9.17) is 9.83 Å². The molecule has 3 heteroatoms. The van der Waals surface area contributed by atoms with E-state index in [1.54, 1.807) is 18.2 Å². The van der Waals surface area contributed by atoms with Crippen molar-refractivity contribution < 1.29 is 9.52 Å². The van der Waals surface area contributed by atoms with Crippen LogP contribution < -0.4 is 5.55 Å². The molecule has 1 aromatic carbocycles. The molecule has 84 valence electrons. The van der Waals surface area contributed by atoms with Crippen LogP contribution in [-0.4, -0.2) is 5.11 Å². The van der Waals surface area contributed by atoms with Gasteiger partial charge in [-0.1, -0.05) is 11.8 Å². The molecule has 17 heavy (non-hydrogen) atoms. The zero-order valence-corrected chi connectivity index (χ0v) is 9.16. The minimum absolute atomic E-state index is 0.0733. The Hall–Kier alpha value is -2.21. The van der Waals surface area contributed by atoms with E-state index >= 15 is 0 Å². The van der Waals surface area contributed by atoms with E-state index in [0.29, 0.717) is 16.9 Å². The average molecular weight is 225 g/mol.